The number of β-amino-alcohol motifs (C(OH)–C–C–N with tert-alkyl or cyclic N) is 1. The number of carboxylic acids is 1. The van der Waals surface area contributed by atoms with E-state index in [9.17, 15) is 19.8 Å². The summed E-state index contributed by atoms with van der Waals surface area (Å²) in [6, 6.07) is 4.13. The summed E-state index contributed by atoms with van der Waals surface area (Å²) in [5.41, 5.74) is 1.04. The van der Waals surface area contributed by atoms with Crippen LogP contribution in [0.2, 0.25) is 0 Å². The van der Waals surface area contributed by atoms with Crippen LogP contribution in [0.5, 0.6) is 5.75 Å². The summed E-state index contributed by atoms with van der Waals surface area (Å²) in [6.07, 6.45) is -0.761. The molecule has 2 aliphatic heterocycles. The zero-order chi connectivity index (χ0) is 15.0. The second kappa shape index (κ2) is 5.25. The van der Waals surface area contributed by atoms with E-state index in [2.05, 4.69) is 5.32 Å². The average Bonchev–Trinajstić information content (AvgIpc) is 2.88. The maximum absolute atomic E-state index is 12.6. The molecule has 3 N–H and O–H groups in total. The molecule has 1 fully saturated rings. The Morgan fingerprint density at radius 2 is 2.19 bits per heavy atom. The molecule has 0 bridgehead atoms. The van der Waals surface area contributed by atoms with Crippen molar-refractivity contribution in [3.05, 3.63) is 23.8 Å². The van der Waals surface area contributed by atoms with Crippen LogP contribution in [0.4, 0.5) is 5.69 Å². The number of nitrogens with one attached hydrogen (secondary N) is 1. The lowest BCUT2D eigenvalue weighted by Crippen LogP contribution is -2.41. The van der Waals surface area contributed by atoms with E-state index >= 15 is 0 Å². The fourth-order valence-corrected chi connectivity index (χ4v) is 2.77. The molecule has 0 radical (unpaired) electrons. The van der Waals surface area contributed by atoms with Gasteiger partial charge in [0.15, 0.2) is 5.75 Å². The number of para-hydroxylation sites is 1. The van der Waals surface area contributed by atoms with Crippen LogP contribution in [0.1, 0.15) is 16.8 Å². The average molecular weight is 292 g/mol. The van der Waals surface area contributed by atoms with Crippen LogP contribution < -0.4 is 10.1 Å². The van der Waals surface area contributed by atoms with Crippen molar-refractivity contribution in [2.45, 2.75) is 18.6 Å². The molecule has 3 rings (SSSR count). The van der Waals surface area contributed by atoms with Crippen LogP contribution >= 0.6 is 0 Å². The Hall–Kier alpha value is -2.28. The second-order valence-electron chi connectivity index (χ2n) is 5.16. The van der Waals surface area contributed by atoms with Crippen LogP contribution in [-0.4, -0.2) is 58.8 Å². The van der Waals surface area contributed by atoms with Crippen LogP contribution in [0.25, 0.3) is 0 Å². The highest BCUT2D eigenvalue weighted by Gasteiger charge is 2.40. The van der Waals surface area contributed by atoms with Gasteiger partial charge in [-0.1, -0.05) is 6.07 Å². The second-order valence-corrected chi connectivity index (χ2v) is 5.16. The fourth-order valence-electron chi connectivity index (χ4n) is 2.77. The van der Waals surface area contributed by atoms with E-state index in [0.717, 1.165) is 5.69 Å². The SMILES string of the molecule is O=C(O)[C@H]1C[C@@H](O)CN1C(=O)c1cccc2c1OCCN2. The number of amides is 1. The van der Waals surface area contributed by atoms with Gasteiger partial charge in [0.25, 0.3) is 5.91 Å². The summed E-state index contributed by atoms with van der Waals surface area (Å²) in [4.78, 5) is 25.1. The number of aliphatic hydroxyl groups is 1. The number of likely N-dealkylation sites (tertiary alicyclic amines) is 1. The van der Waals surface area contributed by atoms with Crippen molar-refractivity contribution in [2.75, 3.05) is 25.0 Å². The van der Waals surface area contributed by atoms with Crippen molar-refractivity contribution < 1.29 is 24.5 Å². The van der Waals surface area contributed by atoms with Crippen molar-refractivity contribution >= 4 is 17.6 Å². The molecule has 2 atom stereocenters. The third-order valence-corrected chi connectivity index (χ3v) is 3.73. The number of benzene rings is 1. The van der Waals surface area contributed by atoms with Gasteiger partial charge < -0.3 is 25.2 Å². The van der Waals surface area contributed by atoms with E-state index < -0.39 is 24.0 Å². The Morgan fingerprint density at radius 3 is 2.95 bits per heavy atom. The lowest BCUT2D eigenvalue weighted by atomic mass is 10.1. The highest BCUT2D eigenvalue weighted by Crippen LogP contribution is 2.33. The Bertz CT molecular complexity index is 589. The molecular formula is C14H16N2O5. The van der Waals surface area contributed by atoms with Crippen molar-refractivity contribution in [3.63, 3.8) is 0 Å². The minimum absolute atomic E-state index is 0.0207. The first kappa shape index (κ1) is 13.7. The number of hydrogen-bond acceptors (Lipinski definition) is 5. The molecule has 2 heterocycles. The Morgan fingerprint density at radius 1 is 1.38 bits per heavy atom. The molecule has 1 amide bonds. The number of carbonyl (C=O) groups excluding carboxylic acids is 1. The Kier molecular flexibility index (Phi) is 3.42. The van der Waals surface area contributed by atoms with Gasteiger partial charge in [-0.2, -0.15) is 0 Å². The van der Waals surface area contributed by atoms with Crippen molar-refractivity contribution in [1.82, 2.24) is 4.90 Å². The smallest absolute Gasteiger partial charge is 0.326 e. The minimum Gasteiger partial charge on any atom is -0.489 e. The number of carboxylic acid groups (broad SMARTS) is 1. The lowest BCUT2D eigenvalue weighted by Gasteiger charge is -2.25. The first-order valence-corrected chi connectivity index (χ1v) is 6.79. The van der Waals surface area contributed by atoms with Gasteiger partial charge in [0.1, 0.15) is 12.6 Å². The molecule has 7 nitrogen and oxygen atoms in total. The van der Waals surface area contributed by atoms with Gasteiger partial charge in [-0.3, -0.25) is 4.79 Å². The first-order valence-electron chi connectivity index (χ1n) is 6.79. The summed E-state index contributed by atoms with van der Waals surface area (Å²) < 4.78 is 5.54. The maximum atomic E-state index is 12.6. The summed E-state index contributed by atoms with van der Waals surface area (Å²) in [6.45, 7) is 1.12. The highest BCUT2D eigenvalue weighted by atomic mass is 16.5. The van der Waals surface area contributed by atoms with E-state index in [4.69, 9.17) is 4.74 Å². The van der Waals surface area contributed by atoms with Crippen LogP contribution in [-0.2, 0) is 4.79 Å². The first-order chi connectivity index (χ1) is 10.1. The molecule has 0 spiro atoms. The Labute approximate surface area is 121 Å². The standard InChI is InChI=1S/C14H16N2O5/c17-8-6-11(14(19)20)16(7-8)13(18)9-2-1-3-10-12(9)21-5-4-15-10/h1-3,8,11,15,17H,4-7H2,(H,19,20)/t8-,11-/m1/s1. The summed E-state index contributed by atoms with van der Waals surface area (Å²) in [5.74, 6) is -1.09. The number of rotatable bonds is 2. The predicted molar refractivity (Wildman–Crippen MR) is 73.5 cm³/mol. The third-order valence-electron chi connectivity index (χ3n) is 3.73. The molecular weight excluding hydrogens is 276 g/mol. The third kappa shape index (κ3) is 2.40. The number of carbonyl (C=O) groups is 2. The zero-order valence-corrected chi connectivity index (χ0v) is 11.3. The van der Waals surface area contributed by atoms with Gasteiger partial charge in [-0.25, -0.2) is 4.79 Å². The number of aliphatic hydroxyl groups excluding tert-OH is 1. The number of ether oxygens (including phenoxy) is 1. The number of aliphatic carboxylic acids is 1. The normalized spacial score (nSPS) is 24.0. The molecule has 1 aromatic rings. The largest absolute Gasteiger partial charge is 0.489 e. The topological polar surface area (TPSA) is 99.1 Å². The number of nitrogens with zero attached hydrogens (tertiary/aromatic N) is 1. The van der Waals surface area contributed by atoms with E-state index in [-0.39, 0.29) is 13.0 Å². The van der Waals surface area contributed by atoms with E-state index in [1.54, 1.807) is 18.2 Å². The van der Waals surface area contributed by atoms with Crippen molar-refractivity contribution in [2.24, 2.45) is 0 Å². The van der Waals surface area contributed by atoms with Gasteiger partial charge in [0, 0.05) is 19.5 Å². The quantitative estimate of drug-likeness (QED) is 0.717. The number of fused-ring (bicyclic) bond motifs is 1. The summed E-state index contributed by atoms with van der Waals surface area (Å²) in [7, 11) is 0. The fraction of sp³-hybridized carbons (Fsp3) is 0.429. The van der Waals surface area contributed by atoms with Gasteiger partial charge in [0.05, 0.1) is 17.4 Å². The molecule has 21 heavy (non-hydrogen) atoms. The molecule has 0 aliphatic carbocycles. The van der Waals surface area contributed by atoms with E-state index in [1.165, 1.54) is 4.90 Å². The van der Waals surface area contributed by atoms with Gasteiger partial charge in [0.2, 0.25) is 0 Å². The highest BCUT2D eigenvalue weighted by molar-refractivity contribution is 6.01. The summed E-state index contributed by atoms with van der Waals surface area (Å²) in [5, 5.41) is 22.0. The molecule has 7 heteroatoms. The summed E-state index contributed by atoms with van der Waals surface area (Å²) >= 11 is 0. The van der Waals surface area contributed by atoms with Crippen molar-refractivity contribution in [3.8, 4) is 5.75 Å². The van der Waals surface area contributed by atoms with Gasteiger partial charge in [-0.05, 0) is 12.1 Å². The van der Waals surface area contributed by atoms with Gasteiger partial charge >= 0.3 is 5.97 Å². The number of anilines is 1. The molecule has 112 valence electrons. The molecule has 2 aliphatic rings. The van der Waals surface area contributed by atoms with E-state index in [0.29, 0.717) is 24.5 Å². The van der Waals surface area contributed by atoms with Crippen LogP contribution in [0.3, 0.4) is 0 Å². The molecule has 1 aromatic carbocycles. The molecule has 0 saturated carbocycles. The van der Waals surface area contributed by atoms with Crippen LogP contribution in [0, 0.1) is 0 Å². The molecule has 0 unspecified atom stereocenters. The predicted octanol–water partition coefficient (Wildman–Crippen LogP) is 0.151. The molecule has 1 saturated heterocycles. The maximum Gasteiger partial charge on any atom is 0.326 e. The molecule has 0 aromatic heterocycles. The van der Waals surface area contributed by atoms with Gasteiger partial charge in [-0.15, -0.1) is 0 Å². The van der Waals surface area contributed by atoms with Crippen molar-refractivity contribution in [1.29, 1.82) is 0 Å². The zero-order valence-electron chi connectivity index (χ0n) is 11.3. The monoisotopic (exact) mass is 292 g/mol. The van der Waals surface area contributed by atoms with E-state index in [1.807, 2.05) is 0 Å². The lowest BCUT2D eigenvalue weighted by molar-refractivity contribution is -0.141. The Balaban J connectivity index is 1.93. The van der Waals surface area contributed by atoms with Crippen LogP contribution in [0.15, 0.2) is 18.2 Å². The minimum atomic E-state index is -1.11. The number of hydrogen-bond donors (Lipinski definition) is 3.